The van der Waals surface area contributed by atoms with Crippen LogP contribution in [0.5, 0.6) is 0 Å². The number of anilines is 1. The largest absolute Gasteiger partial charge is 0.340 e. The highest BCUT2D eigenvalue weighted by Gasteiger charge is 2.13. The molecule has 0 radical (unpaired) electrons. The smallest absolute Gasteiger partial charge is 0.175 e. The molecule has 156 valence electrons. The van der Waals surface area contributed by atoms with E-state index in [9.17, 15) is 0 Å². The van der Waals surface area contributed by atoms with Gasteiger partial charge in [-0.25, -0.2) is 0 Å². The van der Waals surface area contributed by atoms with Crippen LogP contribution < -0.4 is 5.32 Å². The van der Waals surface area contributed by atoms with Gasteiger partial charge in [0, 0.05) is 25.4 Å². The van der Waals surface area contributed by atoms with Crippen LogP contribution in [0, 0.1) is 6.92 Å². The lowest BCUT2D eigenvalue weighted by Gasteiger charge is -2.25. The van der Waals surface area contributed by atoms with Crippen LogP contribution in [0.15, 0.2) is 97.2 Å². The van der Waals surface area contributed by atoms with Crippen LogP contribution in [0.25, 0.3) is 0 Å². The summed E-state index contributed by atoms with van der Waals surface area (Å²) in [6.07, 6.45) is 1.98. The number of benzene rings is 3. The first-order chi connectivity index (χ1) is 15.2. The van der Waals surface area contributed by atoms with E-state index < -0.39 is 0 Å². The summed E-state index contributed by atoms with van der Waals surface area (Å²) in [5.41, 5.74) is 4.95. The molecule has 0 atom stereocenters. The Balaban J connectivity index is 1.46. The quantitative estimate of drug-likeness (QED) is 0.388. The van der Waals surface area contributed by atoms with E-state index in [1.54, 1.807) is 0 Å². The van der Waals surface area contributed by atoms with Gasteiger partial charge in [0.1, 0.15) is 0 Å². The summed E-state index contributed by atoms with van der Waals surface area (Å²) in [6.45, 7) is 4.31. The zero-order valence-electron chi connectivity index (χ0n) is 17.6. The molecule has 3 aromatic carbocycles. The Morgan fingerprint density at radius 2 is 1.42 bits per heavy atom. The second-order valence-electron chi connectivity index (χ2n) is 7.58. The molecule has 0 fully saturated rings. The zero-order chi connectivity index (χ0) is 21.5. The molecule has 0 aliphatic heterocycles. The van der Waals surface area contributed by atoms with Gasteiger partial charge in [-0.2, -0.15) is 5.10 Å². The Labute approximate surface area is 189 Å². The third-order valence-corrected chi connectivity index (χ3v) is 5.55. The number of hydrogen-bond donors (Lipinski definition) is 1. The summed E-state index contributed by atoms with van der Waals surface area (Å²) in [7, 11) is 0. The van der Waals surface area contributed by atoms with Gasteiger partial charge in [-0.1, -0.05) is 84.9 Å². The molecule has 0 aliphatic carbocycles. The summed E-state index contributed by atoms with van der Waals surface area (Å²) in [5.74, 6) is 0.754. The van der Waals surface area contributed by atoms with Crippen LogP contribution in [0.1, 0.15) is 22.3 Å². The van der Waals surface area contributed by atoms with E-state index in [1.807, 2.05) is 29.1 Å². The van der Waals surface area contributed by atoms with Crippen molar-refractivity contribution in [2.75, 3.05) is 5.32 Å². The minimum Gasteiger partial charge on any atom is -0.340 e. The highest BCUT2D eigenvalue weighted by Crippen LogP contribution is 2.14. The van der Waals surface area contributed by atoms with Crippen molar-refractivity contribution in [1.82, 2.24) is 14.7 Å². The molecule has 31 heavy (non-hydrogen) atoms. The molecule has 1 aromatic heterocycles. The molecule has 4 aromatic rings. The van der Waals surface area contributed by atoms with Crippen LogP contribution >= 0.6 is 12.2 Å². The highest BCUT2D eigenvalue weighted by atomic mass is 32.1. The predicted octanol–water partition coefficient (Wildman–Crippen LogP) is 5.64. The molecule has 1 N–H and O–H groups in total. The van der Waals surface area contributed by atoms with E-state index in [2.05, 4.69) is 95.0 Å². The Morgan fingerprint density at radius 1 is 0.839 bits per heavy atom. The van der Waals surface area contributed by atoms with Crippen molar-refractivity contribution in [2.24, 2.45) is 0 Å². The lowest BCUT2D eigenvalue weighted by Crippen LogP contribution is -2.34. The fourth-order valence-electron chi connectivity index (χ4n) is 3.47. The monoisotopic (exact) mass is 426 g/mol. The third kappa shape index (κ3) is 5.80. The summed E-state index contributed by atoms with van der Waals surface area (Å²) < 4.78 is 1.94. The maximum atomic E-state index is 5.78. The topological polar surface area (TPSA) is 33.1 Å². The molecule has 0 amide bonds. The Hall–Kier alpha value is -3.44. The third-order valence-electron chi connectivity index (χ3n) is 5.19. The van der Waals surface area contributed by atoms with Gasteiger partial charge in [0.15, 0.2) is 10.9 Å². The number of thiocarbonyl (C=S) groups is 1. The van der Waals surface area contributed by atoms with Crippen molar-refractivity contribution in [3.05, 3.63) is 119 Å². The van der Waals surface area contributed by atoms with Crippen LogP contribution in [0.3, 0.4) is 0 Å². The van der Waals surface area contributed by atoms with Crippen LogP contribution in [0.4, 0.5) is 5.82 Å². The first kappa shape index (κ1) is 20.8. The Bertz CT molecular complexity index is 1080. The second-order valence-corrected chi connectivity index (χ2v) is 7.97. The molecule has 0 spiro atoms. The summed E-state index contributed by atoms with van der Waals surface area (Å²) >= 11 is 5.78. The first-order valence-electron chi connectivity index (χ1n) is 10.4. The Kier molecular flexibility index (Phi) is 6.75. The zero-order valence-corrected chi connectivity index (χ0v) is 18.4. The second kappa shape index (κ2) is 10.0. The molecular formula is C26H26N4S. The number of aryl methyl sites for hydroxylation is 1. The molecule has 0 unspecified atom stereocenters. The Morgan fingerprint density at radius 3 is 2.03 bits per heavy atom. The number of nitrogens with one attached hydrogen (secondary N) is 1. The average Bonchev–Trinajstić information content (AvgIpc) is 3.23. The summed E-state index contributed by atoms with van der Waals surface area (Å²) in [5, 5.41) is 8.66. The lowest BCUT2D eigenvalue weighted by molar-refractivity contribution is 0.412. The molecule has 4 nitrogen and oxygen atoms in total. The standard InChI is InChI=1S/C26H26N4S/c1-21-10-8-9-15-24(21)20-30-17-16-25(28-30)27-26(31)29(18-22-11-4-2-5-12-22)19-23-13-6-3-7-14-23/h2-17H,18-20H2,1H3,(H,27,28,31). The number of aromatic nitrogens is 2. The van der Waals surface area contributed by atoms with Crippen LogP contribution in [0.2, 0.25) is 0 Å². The SMILES string of the molecule is Cc1ccccc1Cn1ccc(NC(=S)N(Cc2ccccc2)Cc2ccccc2)n1. The number of rotatable bonds is 7. The van der Waals surface area contributed by atoms with Gasteiger partial charge in [0.25, 0.3) is 0 Å². The number of hydrogen-bond acceptors (Lipinski definition) is 2. The maximum Gasteiger partial charge on any atom is 0.175 e. The van der Waals surface area contributed by atoms with E-state index >= 15 is 0 Å². The van der Waals surface area contributed by atoms with Gasteiger partial charge < -0.3 is 10.2 Å². The fraction of sp³-hybridized carbons (Fsp3) is 0.154. The van der Waals surface area contributed by atoms with Crippen LogP contribution in [-0.2, 0) is 19.6 Å². The molecule has 4 rings (SSSR count). The van der Waals surface area contributed by atoms with Crippen molar-refractivity contribution in [1.29, 1.82) is 0 Å². The minimum absolute atomic E-state index is 0.661. The van der Waals surface area contributed by atoms with Crippen molar-refractivity contribution < 1.29 is 0 Å². The van der Waals surface area contributed by atoms with E-state index in [0.717, 1.165) is 25.5 Å². The van der Waals surface area contributed by atoms with Crippen molar-refractivity contribution in [3.63, 3.8) is 0 Å². The van der Waals surface area contributed by atoms with Gasteiger partial charge in [-0.05, 0) is 41.4 Å². The fourth-order valence-corrected chi connectivity index (χ4v) is 3.71. The van der Waals surface area contributed by atoms with Crippen molar-refractivity contribution in [3.8, 4) is 0 Å². The normalized spacial score (nSPS) is 10.6. The average molecular weight is 427 g/mol. The molecule has 0 saturated heterocycles. The van der Waals surface area contributed by atoms with Gasteiger partial charge in [-0.3, -0.25) is 4.68 Å². The minimum atomic E-state index is 0.661. The predicted molar refractivity (Wildman–Crippen MR) is 131 cm³/mol. The van der Waals surface area contributed by atoms with E-state index in [0.29, 0.717) is 5.11 Å². The lowest BCUT2D eigenvalue weighted by atomic mass is 10.1. The van der Waals surface area contributed by atoms with Gasteiger partial charge in [0.2, 0.25) is 0 Å². The summed E-state index contributed by atoms with van der Waals surface area (Å²) in [4.78, 5) is 2.17. The van der Waals surface area contributed by atoms with Crippen molar-refractivity contribution in [2.45, 2.75) is 26.6 Å². The number of nitrogens with zero attached hydrogens (tertiary/aromatic N) is 3. The van der Waals surface area contributed by atoms with E-state index in [-0.39, 0.29) is 0 Å². The molecule has 1 heterocycles. The van der Waals surface area contributed by atoms with Crippen LogP contribution in [-0.4, -0.2) is 19.8 Å². The molecule has 0 bridgehead atoms. The first-order valence-corrected chi connectivity index (χ1v) is 10.8. The van der Waals surface area contributed by atoms with Gasteiger partial charge >= 0.3 is 0 Å². The summed E-state index contributed by atoms with van der Waals surface area (Å²) in [6, 6.07) is 31.1. The molecular weight excluding hydrogens is 400 g/mol. The maximum absolute atomic E-state index is 5.78. The van der Waals surface area contributed by atoms with Crippen molar-refractivity contribution >= 4 is 23.1 Å². The molecule has 0 saturated carbocycles. The van der Waals surface area contributed by atoms with Gasteiger partial charge in [0.05, 0.1) is 6.54 Å². The van der Waals surface area contributed by atoms with E-state index in [1.165, 1.54) is 22.3 Å². The molecule has 5 heteroatoms. The highest BCUT2D eigenvalue weighted by molar-refractivity contribution is 7.80. The van der Waals surface area contributed by atoms with Gasteiger partial charge in [-0.15, -0.1) is 0 Å². The molecule has 0 aliphatic rings. The van der Waals surface area contributed by atoms with E-state index in [4.69, 9.17) is 12.2 Å².